The van der Waals surface area contributed by atoms with E-state index in [-0.39, 0.29) is 17.9 Å². The van der Waals surface area contributed by atoms with Crippen LogP contribution in [0.2, 0.25) is 0 Å². The highest BCUT2D eigenvalue weighted by molar-refractivity contribution is 5.67. The highest BCUT2D eigenvalue weighted by Gasteiger charge is 2.19. The van der Waals surface area contributed by atoms with Gasteiger partial charge in [-0.15, -0.1) is 0 Å². The van der Waals surface area contributed by atoms with Crippen molar-refractivity contribution in [2.24, 2.45) is 0 Å². The summed E-state index contributed by atoms with van der Waals surface area (Å²) in [6, 6.07) is 7.51. The molecule has 0 saturated heterocycles. The van der Waals surface area contributed by atoms with Gasteiger partial charge in [0.25, 0.3) is 0 Å². The molecule has 0 aliphatic carbocycles. The van der Waals surface area contributed by atoms with Gasteiger partial charge in [-0.1, -0.05) is 12.1 Å². The summed E-state index contributed by atoms with van der Waals surface area (Å²) in [5, 5.41) is 12.6. The van der Waals surface area contributed by atoms with Gasteiger partial charge in [-0.2, -0.15) is 0 Å². The summed E-state index contributed by atoms with van der Waals surface area (Å²) >= 11 is 0. The van der Waals surface area contributed by atoms with Crippen molar-refractivity contribution >= 4 is 6.09 Å². The highest BCUT2D eigenvalue weighted by Crippen LogP contribution is 2.11. The van der Waals surface area contributed by atoms with Crippen LogP contribution in [-0.4, -0.2) is 47.9 Å². The molecule has 0 aromatic heterocycles. The lowest BCUT2D eigenvalue weighted by Crippen LogP contribution is -2.40. The lowest BCUT2D eigenvalue weighted by atomic mass is 10.1. The average Bonchev–Trinajstić information content (AvgIpc) is 2.39. The number of phenols is 1. The fourth-order valence-corrected chi connectivity index (χ4v) is 1.97. The molecule has 5 nitrogen and oxygen atoms in total. The molecule has 0 aliphatic rings. The maximum absolute atomic E-state index is 11.8. The Morgan fingerprint density at radius 2 is 1.91 bits per heavy atom. The van der Waals surface area contributed by atoms with Crippen molar-refractivity contribution in [2.45, 2.75) is 45.8 Å². The number of nitrogens with one attached hydrogen (secondary N) is 1. The van der Waals surface area contributed by atoms with Gasteiger partial charge < -0.3 is 20.1 Å². The number of hydrogen-bond acceptors (Lipinski definition) is 4. The van der Waals surface area contributed by atoms with Gasteiger partial charge in [0.15, 0.2) is 0 Å². The molecule has 1 unspecified atom stereocenters. The summed E-state index contributed by atoms with van der Waals surface area (Å²) in [5.41, 5.74) is 0.698. The molecule has 0 heterocycles. The van der Waals surface area contributed by atoms with Gasteiger partial charge in [0.05, 0.1) is 0 Å². The Morgan fingerprint density at radius 3 is 2.45 bits per heavy atom. The average molecular weight is 308 g/mol. The third-order valence-electron chi connectivity index (χ3n) is 3.12. The van der Waals surface area contributed by atoms with Gasteiger partial charge in [-0.05, 0) is 51.8 Å². The number of likely N-dealkylation sites (N-methyl/N-ethyl adjacent to an activating group) is 1. The Balaban J connectivity index is 2.28. The minimum Gasteiger partial charge on any atom is -0.508 e. The zero-order valence-corrected chi connectivity index (χ0v) is 14.2. The first-order chi connectivity index (χ1) is 10.2. The van der Waals surface area contributed by atoms with E-state index in [0.29, 0.717) is 13.1 Å². The van der Waals surface area contributed by atoms with Crippen LogP contribution in [-0.2, 0) is 11.2 Å². The van der Waals surface area contributed by atoms with E-state index >= 15 is 0 Å². The molecule has 2 N–H and O–H groups in total. The number of benzene rings is 1. The standard InChI is InChI=1S/C17H28N2O3/c1-13(12-14-6-8-15(20)9-7-14)18-10-11-19(5)16(21)22-17(2,3)4/h6-9,13,18,20H,10-12H2,1-5H3. The van der Waals surface area contributed by atoms with Crippen LogP contribution in [0.15, 0.2) is 24.3 Å². The van der Waals surface area contributed by atoms with Gasteiger partial charge in [-0.25, -0.2) is 4.79 Å². The van der Waals surface area contributed by atoms with E-state index in [0.717, 1.165) is 6.42 Å². The molecule has 5 heteroatoms. The Labute approximate surface area is 133 Å². The molecule has 0 radical (unpaired) electrons. The van der Waals surface area contributed by atoms with E-state index in [4.69, 9.17) is 4.74 Å². The monoisotopic (exact) mass is 308 g/mol. The molecule has 0 saturated carbocycles. The summed E-state index contributed by atoms with van der Waals surface area (Å²) in [6.45, 7) is 8.97. The van der Waals surface area contributed by atoms with Crippen LogP contribution in [0, 0.1) is 0 Å². The quantitative estimate of drug-likeness (QED) is 0.848. The fourth-order valence-electron chi connectivity index (χ4n) is 1.97. The third kappa shape index (κ3) is 7.31. The van der Waals surface area contributed by atoms with Gasteiger partial charge in [0.2, 0.25) is 0 Å². The zero-order chi connectivity index (χ0) is 16.8. The number of carbonyl (C=O) groups excluding carboxylic acids is 1. The fraction of sp³-hybridized carbons (Fsp3) is 0.588. The lowest BCUT2D eigenvalue weighted by molar-refractivity contribution is 0.0299. The second-order valence-electron chi connectivity index (χ2n) is 6.63. The molecule has 0 bridgehead atoms. The largest absolute Gasteiger partial charge is 0.508 e. The number of ether oxygens (including phenoxy) is 1. The maximum Gasteiger partial charge on any atom is 0.410 e. The summed E-state index contributed by atoms with van der Waals surface area (Å²) in [6.07, 6.45) is 0.566. The third-order valence-corrected chi connectivity index (χ3v) is 3.12. The number of rotatable bonds is 6. The van der Waals surface area contributed by atoms with Crippen LogP contribution >= 0.6 is 0 Å². The first-order valence-electron chi connectivity index (χ1n) is 7.63. The van der Waals surface area contributed by atoms with Crippen LogP contribution in [0.5, 0.6) is 5.75 Å². The second-order valence-corrected chi connectivity index (χ2v) is 6.63. The van der Waals surface area contributed by atoms with Crippen molar-refractivity contribution in [1.29, 1.82) is 0 Å². The molecular formula is C17H28N2O3. The Bertz CT molecular complexity index is 466. The van der Waals surface area contributed by atoms with Crippen molar-refractivity contribution < 1.29 is 14.6 Å². The van der Waals surface area contributed by atoms with Crippen LogP contribution in [0.4, 0.5) is 4.79 Å². The molecule has 1 rings (SSSR count). The Hall–Kier alpha value is -1.75. The SMILES string of the molecule is CC(Cc1ccc(O)cc1)NCCN(C)C(=O)OC(C)(C)C. The van der Waals surface area contributed by atoms with E-state index in [2.05, 4.69) is 12.2 Å². The van der Waals surface area contributed by atoms with Crippen LogP contribution < -0.4 is 5.32 Å². The predicted octanol–water partition coefficient (Wildman–Crippen LogP) is 2.78. The van der Waals surface area contributed by atoms with E-state index < -0.39 is 5.60 Å². The minimum absolute atomic E-state index is 0.281. The zero-order valence-electron chi connectivity index (χ0n) is 14.2. The number of carbonyl (C=O) groups is 1. The van der Waals surface area contributed by atoms with Crippen molar-refractivity contribution in [3.05, 3.63) is 29.8 Å². The summed E-state index contributed by atoms with van der Waals surface area (Å²) in [5.74, 6) is 0.281. The maximum atomic E-state index is 11.8. The molecule has 0 spiro atoms. The van der Waals surface area contributed by atoms with Crippen LogP contribution in [0.25, 0.3) is 0 Å². The van der Waals surface area contributed by atoms with Crippen molar-refractivity contribution in [3.63, 3.8) is 0 Å². The summed E-state index contributed by atoms with van der Waals surface area (Å²) < 4.78 is 5.30. The number of amides is 1. The summed E-state index contributed by atoms with van der Waals surface area (Å²) in [7, 11) is 1.74. The van der Waals surface area contributed by atoms with Crippen molar-refractivity contribution in [2.75, 3.05) is 20.1 Å². The van der Waals surface area contributed by atoms with Crippen molar-refractivity contribution in [3.8, 4) is 5.75 Å². The Kier molecular flexibility index (Phi) is 6.68. The van der Waals surface area contributed by atoms with E-state index in [1.807, 2.05) is 32.9 Å². The van der Waals surface area contributed by atoms with E-state index in [1.54, 1.807) is 24.1 Å². The normalized spacial score (nSPS) is 12.8. The minimum atomic E-state index is -0.467. The molecule has 124 valence electrons. The molecule has 1 atom stereocenters. The number of aromatic hydroxyl groups is 1. The lowest BCUT2D eigenvalue weighted by Gasteiger charge is -2.25. The molecule has 1 amide bonds. The molecule has 0 aliphatic heterocycles. The van der Waals surface area contributed by atoms with Gasteiger partial charge in [0, 0.05) is 26.2 Å². The van der Waals surface area contributed by atoms with Crippen LogP contribution in [0.1, 0.15) is 33.3 Å². The topological polar surface area (TPSA) is 61.8 Å². The molecule has 0 fully saturated rings. The second kappa shape index (κ2) is 8.03. The molecule has 1 aromatic rings. The van der Waals surface area contributed by atoms with Gasteiger partial charge in [0.1, 0.15) is 11.4 Å². The first-order valence-corrected chi connectivity index (χ1v) is 7.63. The summed E-state index contributed by atoms with van der Waals surface area (Å²) in [4.78, 5) is 13.4. The van der Waals surface area contributed by atoms with Gasteiger partial charge in [-0.3, -0.25) is 0 Å². The van der Waals surface area contributed by atoms with Crippen molar-refractivity contribution in [1.82, 2.24) is 10.2 Å². The highest BCUT2D eigenvalue weighted by atomic mass is 16.6. The molecule has 1 aromatic carbocycles. The van der Waals surface area contributed by atoms with Crippen LogP contribution in [0.3, 0.4) is 0 Å². The number of phenolic OH excluding ortho intramolecular Hbond substituents is 1. The predicted molar refractivity (Wildman–Crippen MR) is 88.1 cm³/mol. The number of hydrogen-bond donors (Lipinski definition) is 2. The Morgan fingerprint density at radius 1 is 1.32 bits per heavy atom. The number of nitrogens with zero attached hydrogens (tertiary/aromatic N) is 1. The van der Waals surface area contributed by atoms with Gasteiger partial charge >= 0.3 is 6.09 Å². The first kappa shape index (κ1) is 18.3. The smallest absolute Gasteiger partial charge is 0.410 e. The van der Waals surface area contributed by atoms with E-state index in [9.17, 15) is 9.90 Å². The molecule has 22 heavy (non-hydrogen) atoms. The van der Waals surface area contributed by atoms with E-state index in [1.165, 1.54) is 5.56 Å². The molecular weight excluding hydrogens is 280 g/mol.